The van der Waals surface area contributed by atoms with Gasteiger partial charge in [-0.1, -0.05) is 11.6 Å². The molecule has 0 aliphatic rings. The van der Waals surface area contributed by atoms with E-state index in [1.54, 1.807) is 20.8 Å². The number of anilines is 1. The molecular formula is C14H14ClFN2O4S2. The average molecular weight is 393 g/mol. The molecule has 1 aromatic carbocycles. The van der Waals surface area contributed by atoms with Gasteiger partial charge < -0.3 is 4.74 Å². The van der Waals surface area contributed by atoms with Gasteiger partial charge in [-0.25, -0.2) is 17.6 Å². The van der Waals surface area contributed by atoms with Crippen molar-refractivity contribution in [1.82, 2.24) is 4.98 Å². The van der Waals surface area contributed by atoms with Crippen LogP contribution < -0.4 is 4.31 Å². The van der Waals surface area contributed by atoms with Crippen molar-refractivity contribution >= 4 is 44.1 Å². The van der Waals surface area contributed by atoms with E-state index in [4.69, 9.17) is 16.3 Å². The van der Waals surface area contributed by atoms with Gasteiger partial charge in [0.1, 0.15) is 16.4 Å². The van der Waals surface area contributed by atoms with Crippen LogP contribution in [0.4, 0.5) is 14.2 Å². The standard InChI is InChI=1S/C14H14ClFN2O4S2/c1-14(2,3)22-13(19)18(12-7-17-8-23-12)24(20,21)9-4-5-11(16)10(15)6-9/h4-8H,1-3H3. The molecule has 0 unspecified atom stereocenters. The van der Waals surface area contributed by atoms with Gasteiger partial charge >= 0.3 is 6.09 Å². The molecule has 0 N–H and O–H groups in total. The fourth-order valence-electron chi connectivity index (χ4n) is 1.66. The number of aromatic nitrogens is 1. The van der Waals surface area contributed by atoms with Gasteiger partial charge in [0.15, 0.2) is 0 Å². The number of amides is 1. The lowest BCUT2D eigenvalue weighted by atomic mass is 10.2. The summed E-state index contributed by atoms with van der Waals surface area (Å²) in [6.07, 6.45) is 0.129. The van der Waals surface area contributed by atoms with Crippen LogP contribution in [-0.4, -0.2) is 25.1 Å². The third-order valence-corrected chi connectivity index (χ3v) is 5.45. The van der Waals surface area contributed by atoms with Crippen molar-refractivity contribution in [3.63, 3.8) is 0 Å². The Bertz CT molecular complexity index is 848. The maximum atomic E-state index is 13.3. The predicted molar refractivity (Wildman–Crippen MR) is 89.4 cm³/mol. The first kappa shape index (κ1) is 18.6. The highest BCUT2D eigenvalue weighted by molar-refractivity contribution is 7.93. The van der Waals surface area contributed by atoms with Gasteiger partial charge in [0.05, 0.1) is 21.6 Å². The first-order chi connectivity index (χ1) is 11.0. The second kappa shape index (κ2) is 6.66. The smallest absolute Gasteiger partial charge is 0.429 e. The normalized spacial score (nSPS) is 12.0. The summed E-state index contributed by atoms with van der Waals surface area (Å²) in [5.41, 5.74) is 0.468. The Morgan fingerprint density at radius 2 is 2.04 bits per heavy atom. The van der Waals surface area contributed by atoms with Crippen molar-refractivity contribution in [2.75, 3.05) is 4.31 Å². The first-order valence-electron chi connectivity index (χ1n) is 6.64. The molecule has 0 spiro atoms. The number of nitrogens with zero attached hydrogens (tertiary/aromatic N) is 2. The SMILES string of the molecule is CC(C)(C)OC(=O)N(c1cncs1)S(=O)(=O)c1ccc(F)c(Cl)c1. The van der Waals surface area contributed by atoms with E-state index < -0.39 is 27.5 Å². The molecule has 0 saturated heterocycles. The van der Waals surface area contributed by atoms with Crippen molar-refractivity contribution in [2.24, 2.45) is 0 Å². The maximum Gasteiger partial charge on any atom is 0.429 e. The molecule has 130 valence electrons. The number of benzene rings is 1. The van der Waals surface area contributed by atoms with Crippen LogP contribution in [0, 0.1) is 5.82 Å². The number of carbonyl (C=O) groups is 1. The van der Waals surface area contributed by atoms with Gasteiger partial charge in [-0.3, -0.25) is 4.98 Å². The molecule has 0 atom stereocenters. The van der Waals surface area contributed by atoms with Crippen molar-refractivity contribution in [1.29, 1.82) is 0 Å². The number of hydrogen-bond acceptors (Lipinski definition) is 6. The highest BCUT2D eigenvalue weighted by Gasteiger charge is 2.36. The molecule has 10 heteroatoms. The Labute approximate surface area is 147 Å². The van der Waals surface area contributed by atoms with Gasteiger partial charge in [0, 0.05) is 0 Å². The summed E-state index contributed by atoms with van der Waals surface area (Å²) in [6, 6.07) is 2.87. The Morgan fingerprint density at radius 3 is 2.54 bits per heavy atom. The zero-order valence-corrected chi connectivity index (χ0v) is 15.4. The van der Waals surface area contributed by atoms with Crippen LogP contribution in [0.2, 0.25) is 5.02 Å². The third-order valence-electron chi connectivity index (χ3n) is 2.61. The second-order valence-corrected chi connectivity index (χ2v) is 8.72. The molecule has 6 nitrogen and oxygen atoms in total. The van der Waals surface area contributed by atoms with E-state index in [0.717, 1.165) is 29.5 Å². The van der Waals surface area contributed by atoms with E-state index >= 15 is 0 Å². The van der Waals surface area contributed by atoms with E-state index in [0.29, 0.717) is 4.31 Å². The summed E-state index contributed by atoms with van der Waals surface area (Å²) in [4.78, 5) is 15.9. The van der Waals surface area contributed by atoms with Crippen LogP contribution in [0.15, 0.2) is 34.8 Å². The Hall–Kier alpha value is -1.71. The van der Waals surface area contributed by atoms with Crippen LogP contribution in [0.5, 0.6) is 0 Å². The van der Waals surface area contributed by atoms with Crippen LogP contribution in [0.25, 0.3) is 0 Å². The predicted octanol–water partition coefficient (Wildman–Crippen LogP) is 4.07. The topological polar surface area (TPSA) is 76.6 Å². The Morgan fingerprint density at radius 1 is 1.38 bits per heavy atom. The zero-order valence-electron chi connectivity index (χ0n) is 13.0. The summed E-state index contributed by atoms with van der Waals surface area (Å²) >= 11 is 6.59. The number of thiazole rings is 1. The number of hydrogen-bond donors (Lipinski definition) is 0. The van der Waals surface area contributed by atoms with Crippen LogP contribution in [0.3, 0.4) is 0 Å². The van der Waals surface area contributed by atoms with Gasteiger partial charge in [-0.2, -0.15) is 4.31 Å². The summed E-state index contributed by atoms with van der Waals surface area (Å²) in [6.45, 7) is 4.82. The average Bonchev–Trinajstić information content (AvgIpc) is 2.93. The molecule has 1 amide bonds. The molecule has 1 heterocycles. The lowest BCUT2D eigenvalue weighted by Gasteiger charge is -2.25. The lowest BCUT2D eigenvalue weighted by Crippen LogP contribution is -2.40. The van der Waals surface area contributed by atoms with Crippen LogP contribution in [0.1, 0.15) is 20.8 Å². The largest absolute Gasteiger partial charge is 0.443 e. The highest BCUT2D eigenvalue weighted by atomic mass is 35.5. The molecule has 2 rings (SSSR count). The summed E-state index contributed by atoms with van der Waals surface area (Å²) in [7, 11) is -4.36. The number of sulfonamides is 1. The molecule has 0 radical (unpaired) electrons. The minimum Gasteiger partial charge on any atom is -0.443 e. The monoisotopic (exact) mass is 392 g/mol. The number of halogens is 2. The summed E-state index contributed by atoms with van der Waals surface area (Å²) < 4.78 is 44.6. The fraction of sp³-hybridized carbons (Fsp3) is 0.286. The first-order valence-corrected chi connectivity index (χ1v) is 9.34. The molecule has 0 aliphatic carbocycles. The lowest BCUT2D eigenvalue weighted by molar-refractivity contribution is 0.0609. The molecule has 1 aromatic heterocycles. The molecular weight excluding hydrogens is 379 g/mol. The molecule has 0 aliphatic heterocycles. The van der Waals surface area contributed by atoms with E-state index in [1.165, 1.54) is 11.7 Å². The highest BCUT2D eigenvalue weighted by Crippen LogP contribution is 2.30. The molecule has 24 heavy (non-hydrogen) atoms. The van der Waals surface area contributed by atoms with Crippen molar-refractivity contribution in [2.45, 2.75) is 31.3 Å². The Kier molecular flexibility index (Phi) is 5.17. The van der Waals surface area contributed by atoms with Gasteiger partial charge in [0.2, 0.25) is 0 Å². The van der Waals surface area contributed by atoms with E-state index in [2.05, 4.69) is 4.98 Å². The van der Waals surface area contributed by atoms with Crippen molar-refractivity contribution in [3.05, 3.63) is 40.7 Å². The fourth-order valence-corrected chi connectivity index (χ4v) is 4.09. The maximum absolute atomic E-state index is 13.3. The van der Waals surface area contributed by atoms with Gasteiger partial charge in [-0.15, -0.1) is 11.3 Å². The minimum atomic E-state index is -4.36. The van der Waals surface area contributed by atoms with Crippen LogP contribution >= 0.6 is 22.9 Å². The zero-order chi connectivity index (χ0) is 18.1. The van der Waals surface area contributed by atoms with E-state index in [-0.39, 0.29) is 14.9 Å². The van der Waals surface area contributed by atoms with Gasteiger partial charge in [-0.05, 0) is 39.0 Å². The molecule has 0 saturated carbocycles. The molecule has 0 bridgehead atoms. The third kappa shape index (κ3) is 4.03. The van der Waals surface area contributed by atoms with Crippen LogP contribution in [-0.2, 0) is 14.8 Å². The summed E-state index contributed by atoms with van der Waals surface area (Å²) in [5.74, 6) is -0.766. The van der Waals surface area contributed by atoms with Gasteiger partial charge in [0.25, 0.3) is 10.0 Å². The molecule has 2 aromatic rings. The van der Waals surface area contributed by atoms with Crippen molar-refractivity contribution < 1.29 is 22.3 Å². The second-order valence-electron chi connectivity index (χ2n) is 5.67. The van der Waals surface area contributed by atoms with Crippen molar-refractivity contribution in [3.8, 4) is 0 Å². The summed E-state index contributed by atoms with van der Waals surface area (Å²) in [5, 5.41) is -0.325. The molecule has 0 fully saturated rings. The number of rotatable bonds is 3. The minimum absolute atomic E-state index is 0.0460. The Balaban J connectivity index is 2.53. The van der Waals surface area contributed by atoms with E-state index in [1.807, 2.05) is 0 Å². The number of ether oxygens (including phenoxy) is 1. The quantitative estimate of drug-likeness (QED) is 0.787. The number of carbonyl (C=O) groups excluding carboxylic acids is 1. The van der Waals surface area contributed by atoms with E-state index in [9.17, 15) is 17.6 Å².